The summed E-state index contributed by atoms with van der Waals surface area (Å²) in [7, 11) is 0. The number of halogens is 3. The number of benzene rings is 2. The summed E-state index contributed by atoms with van der Waals surface area (Å²) >= 11 is 12.4. The van der Waals surface area contributed by atoms with Gasteiger partial charge in [0.2, 0.25) is 0 Å². The molecule has 0 saturated heterocycles. The normalized spacial score (nSPS) is 11.5. The summed E-state index contributed by atoms with van der Waals surface area (Å²) in [4.78, 5) is 13.1. The molecular formula is C20H19Cl2FN2O. The van der Waals surface area contributed by atoms with Crippen molar-refractivity contribution >= 4 is 34.0 Å². The zero-order valence-corrected chi connectivity index (χ0v) is 16.0. The molecule has 0 aliphatic rings. The highest BCUT2D eigenvalue weighted by molar-refractivity contribution is 6.43. The van der Waals surface area contributed by atoms with Gasteiger partial charge in [-0.25, -0.2) is 4.39 Å². The van der Waals surface area contributed by atoms with E-state index in [4.69, 9.17) is 28.9 Å². The number of nitrogens with two attached hydrogens (primary N) is 1. The molecule has 0 amide bonds. The molecule has 136 valence electrons. The van der Waals surface area contributed by atoms with Crippen LogP contribution in [-0.2, 0) is 13.1 Å². The number of hydrogen-bond donors (Lipinski definition) is 1. The summed E-state index contributed by atoms with van der Waals surface area (Å²) in [5.41, 5.74) is 8.12. The fraction of sp³-hybridized carbons (Fsp3) is 0.250. The molecule has 0 fully saturated rings. The molecule has 0 bridgehead atoms. The van der Waals surface area contributed by atoms with Gasteiger partial charge in [0.1, 0.15) is 5.82 Å². The van der Waals surface area contributed by atoms with Crippen molar-refractivity contribution in [1.82, 2.24) is 4.57 Å². The Bertz CT molecular complexity index is 1030. The maximum atomic E-state index is 13.4. The van der Waals surface area contributed by atoms with Crippen molar-refractivity contribution in [2.24, 2.45) is 11.7 Å². The Hall–Kier alpha value is -1.88. The number of pyridine rings is 1. The molecule has 3 rings (SSSR count). The lowest BCUT2D eigenvalue weighted by atomic mass is 9.96. The summed E-state index contributed by atoms with van der Waals surface area (Å²) in [5, 5.41) is 1.80. The Morgan fingerprint density at radius 1 is 1.08 bits per heavy atom. The van der Waals surface area contributed by atoms with Crippen LogP contribution >= 0.6 is 23.2 Å². The van der Waals surface area contributed by atoms with Crippen molar-refractivity contribution in [2.75, 3.05) is 0 Å². The monoisotopic (exact) mass is 392 g/mol. The maximum absolute atomic E-state index is 13.4. The van der Waals surface area contributed by atoms with Crippen LogP contribution in [0, 0.1) is 11.7 Å². The lowest BCUT2D eigenvalue weighted by Crippen LogP contribution is -2.28. The van der Waals surface area contributed by atoms with E-state index in [-0.39, 0.29) is 23.8 Å². The molecular weight excluding hydrogens is 374 g/mol. The number of nitrogens with zero attached hydrogens (tertiary/aromatic N) is 1. The molecule has 3 aromatic rings. The first-order valence-electron chi connectivity index (χ1n) is 8.34. The maximum Gasteiger partial charge on any atom is 0.258 e. The van der Waals surface area contributed by atoms with E-state index >= 15 is 0 Å². The van der Waals surface area contributed by atoms with Crippen molar-refractivity contribution < 1.29 is 4.39 Å². The van der Waals surface area contributed by atoms with Gasteiger partial charge in [0.25, 0.3) is 5.56 Å². The predicted octanol–water partition coefficient (Wildman–Crippen LogP) is 5.23. The minimum Gasteiger partial charge on any atom is -0.325 e. The van der Waals surface area contributed by atoms with E-state index in [2.05, 4.69) is 0 Å². The van der Waals surface area contributed by atoms with Crippen molar-refractivity contribution in [3.8, 4) is 11.1 Å². The highest BCUT2D eigenvalue weighted by Gasteiger charge is 2.19. The van der Waals surface area contributed by atoms with Crippen LogP contribution in [0.5, 0.6) is 0 Å². The van der Waals surface area contributed by atoms with E-state index in [0.29, 0.717) is 33.1 Å². The molecule has 26 heavy (non-hydrogen) atoms. The zero-order chi connectivity index (χ0) is 19.0. The fourth-order valence-electron chi connectivity index (χ4n) is 3.20. The van der Waals surface area contributed by atoms with Gasteiger partial charge in [0.05, 0.1) is 10.0 Å². The molecule has 1 heterocycles. The first kappa shape index (κ1) is 18.9. The minimum atomic E-state index is -0.330. The van der Waals surface area contributed by atoms with Crippen LogP contribution in [0.4, 0.5) is 4.39 Å². The molecule has 3 nitrogen and oxygen atoms in total. The van der Waals surface area contributed by atoms with Crippen LogP contribution in [-0.4, -0.2) is 4.57 Å². The van der Waals surface area contributed by atoms with Gasteiger partial charge in [0, 0.05) is 29.7 Å². The van der Waals surface area contributed by atoms with E-state index < -0.39 is 0 Å². The third kappa shape index (κ3) is 3.37. The lowest BCUT2D eigenvalue weighted by molar-refractivity contribution is 0.499. The molecule has 0 aliphatic carbocycles. The number of aromatic nitrogens is 1. The highest BCUT2D eigenvalue weighted by atomic mass is 35.5. The average Bonchev–Trinajstić information content (AvgIpc) is 2.59. The Morgan fingerprint density at radius 2 is 1.65 bits per heavy atom. The van der Waals surface area contributed by atoms with Crippen LogP contribution < -0.4 is 11.3 Å². The van der Waals surface area contributed by atoms with Gasteiger partial charge in [-0.15, -0.1) is 0 Å². The van der Waals surface area contributed by atoms with E-state index in [9.17, 15) is 9.18 Å². The van der Waals surface area contributed by atoms with Gasteiger partial charge in [-0.1, -0.05) is 49.2 Å². The molecule has 0 atom stereocenters. The summed E-state index contributed by atoms with van der Waals surface area (Å²) < 4.78 is 15.1. The zero-order valence-electron chi connectivity index (χ0n) is 14.5. The van der Waals surface area contributed by atoms with Crippen LogP contribution in [0.2, 0.25) is 10.0 Å². The summed E-state index contributed by atoms with van der Waals surface area (Å²) in [6.45, 7) is 4.76. The third-order valence-electron chi connectivity index (χ3n) is 4.29. The second-order valence-electron chi connectivity index (χ2n) is 6.65. The standard InChI is InChI=1S/C20H19Cl2FN2O/c1-11(2)10-25-18(9-24)19(12-3-5-13(23)6-4-12)14-7-16(21)17(22)8-15(14)20(25)26/h3-8,11H,9-10,24H2,1-2H3. The van der Waals surface area contributed by atoms with Crippen molar-refractivity contribution in [2.45, 2.75) is 26.9 Å². The van der Waals surface area contributed by atoms with Gasteiger partial charge in [-0.3, -0.25) is 4.79 Å². The Morgan fingerprint density at radius 3 is 2.19 bits per heavy atom. The fourth-order valence-corrected chi connectivity index (χ4v) is 3.53. The molecule has 2 N–H and O–H groups in total. The lowest BCUT2D eigenvalue weighted by Gasteiger charge is -2.21. The topological polar surface area (TPSA) is 48.0 Å². The molecule has 0 aliphatic heterocycles. The molecule has 0 unspecified atom stereocenters. The van der Waals surface area contributed by atoms with Gasteiger partial charge in [0.15, 0.2) is 0 Å². The highest BCUT2D eigenvalue weighted by Crippen LogP contribution is 2.35. The van der Waals surface area contributed by atoms with E-state index in [1.54, 1.807) is 28.8 Å². The van der Waals surface area contributed by atoms with Crippen LogP contribution in [0.1, 0.15) is 19.5 Å². The van der Waals surface area contributed by atoms with E-state index in [0.717, 1.165) is 11.1 Å². The average molecular weight is 393 g/mol. The summed E-state index contributed by atoms with van der Waals surface area (Å²) in [6.07, 6.45) is 0. The van der Waals surface area contributed by atoms with Crippen LogP contribution in [0.25, 0.3) is 21.9 Å². The van der Waals surface area contributed by atoms with Crippen molar-refractivity contribution in [3.63, 3.8) is 0 Å². The first-order chi connectivity index (χ1) is 12.3. The molecule has 0 saturated carbocycles. The minimum absolute atomic E-state index is 0.154. The molecule has 1 aromatic heterocycles. The van der Waals surface area contributed by atoms with Gasteiger partial charge in [-0.2, -0.15) is 0 Å². The predicted molar refractivity (Wildman–Crippen MR) is 106 cm³/mol. The Labute approximate surface area is 161 Å². The second-order valence-corrected chi connectivity index (χ2v) is 7.47. The molecule has 2 aromatic carbocycles. The second kappa shape index (κ2) is 7.39. The van der Waals surface area contributed by atoms with Crippen LogP contribution in [0.3, 0.4) is 0 Å². The largest absolute Gasteiger partial charge is 0.325 e. The number of hydrogen-bond acceptors (Lipinski definition) is 2. The number of fused-ring (bicyclic) bond motifs is 1. The molecule has 0 radical (unpaired) electrons. The number of rotatable bonds is 4. The van der Waals surface area contributed by atoms with Gasteiger partial charge >= 0.3 is 0 Å². The van der Waals surface area contributed by atoms with E-state index in [1.165, 1.54) is 12.1 Å². The quantitative estimate of drug-likeness (QED) is 0.660. The first-order valence-corrected chi connectivity index (χ1v) is 9.09. The molecule has 0 spiro atoms. The van der Waals surface area contributed by atoms with Crippen LogP contribution in [0.15, 0.2) is 41.2 Å². The van der Waals surface area contributed by atoms with Gasteiger partial charge in [-0.05, 0) is 41.1 Å². The smallest absolute Gasteiger partial charge is 0.258 e. The third-order valence-corrected chi connectivity index (χ3v) is 5.02. The van der Waals surface area contributed by atoms with Crippen molar-refractivity contribution in [1.29, 1.82) is 0 Å². The Balaban J connectivity index is 2.49. The summed E-state index contributed by atoms with van der Waals surface area (Å²) in [6, 6.07) is 9.39. The SMILES string of the molecule is CC(C)Cn1c(CN)c(-c2ccc(F)cc2)c2cc(Cl)c(Cl)cc2c1=O. The Kier molecular flexibility index (Phi) is 5.37. The van der Waals surface area contributed by atoms with E-state index in [1.807, 2.05) is 13.8 Å². The molecule has 6 heteroatoms. The van der Waals surface area contributed by atoms with Crippen molar-refractivity contribution in [3.05, 3.63) is 68.3 Å². The van der Waals surface area contributed by atoms with Gasteiger partial charge < -0.3 is 10.3 Å². The summed E-state index contributed by atoms with van der Waals surface area (Å²) in [5.74, 6) is -0.0803.